The highest BCUT2D eigenvalue weighted by Gasteiger charge is 2.13. The minimum atomic E-state index is 0.536. The molecule has 0 amide bonds. The Hall–Kier alpha value is -2.02. The van der Waals surface area contributed by atoms with E-state index in [2.05, 4.69) is 52.0 Å². The van der Waals surface area contributed by atoms with E-state index in [0.717, 1.165) is 5.58 Å². The van der Waals surface area contributed by atoms with Crippen LogP contribution in [0.2, 0.25) is 0 Å². The molecule has 25 heavy (non-hydrogen) atoms. The van der Waals surface area contributed by atoms with Crippen LogP contribution < -0.4 is 0 Å². The normalized spacial score (nSPS) is 13.7. The number of rotatable bonds is 2. The molecule has 0 saturated heterocycles. The van der Waals surface area contributed by atoms with Crippen molar-refractivity contribution in [3.05, 3.63) is 71.0 Å². The van der Waals surface area contributed by atoms with Crippen molar-refractivity contribution in [3.8, 4) is 0 Å². The highest BCUT2D eigenvalue weighted by Crippen LogP contribution is 2.29. The number of fused-ring (bicyclic) bond motifs is 2. The van der Waals surface area contributed by atoms with Crippen molar-refractivity contribution in [2.24, 2.45) is 0 Å². The largest absolute Gasteiger partial charge is 0.464 e. The van der Waals surface area contributed by atoms with Crippen LogP contribution in [-0.2, 0) is 12.8 Å². The number of furan rings is 1. The van der Waals surface area contributed by atoms with Crippen LogP contribution in [0.5, 0.6) is 0 Å². The number of benzene rings is 2. The second kappa shape index (κ2) is 7.91. The zero-order valence-corrected chi connectivity index (χ0v) is 16.0. The predicted molar refractivity (Wildman–Crippen MR) is 107 cm³/mol. The standard InChI is InChI=1S/C13H18.C11H12O/c1-10(2)12-9-5-7-11-6-3-4-8-13(11)12;1-8(2)10-7-12-11-6-4-3-5-9(10)11/h5,7,9-10H,3-4,6,8H2,1-2H3;3-8H,1-2H3. The summed E-state index contributed by atoms with van der Waals surface area (Å²) >= 11 is 0. The third-order valence-corrected chi connectivity index (χ3v) is 5.19. The SMILES string of the molecule is CC(C)c1cccc2c1CCCC2.CC(C)c1coc2ccccc12. The van der Waals surface area contributed by atoms with Crippen molar-refractivity contribution in [2.45, 2.75) is 65.2 Å². The van der Waals surface area contributed by atoms with E-state index < -0.39 is 0 Å². The highest BCUT2D eigenvalue weighted by molar-refractivity contribution is 5.81. The number of hydrogen-bond donors (Lipinski definition) is 0. The second-order valence-corrected chi connectivity index (χ2v) is 7.69. The Morgan fingerprint density at radius 2 is 1.48 bits per heavy atom. The summed E-state index contributed by atoms with van der Waals surface area (Å²) in [6.07, 6.45) is 7.24. The summed E-state index contributed by atoms with van der Waals surface area (Å²) in [5.74, 6) is 1.22. The lowest BCUT2D eigenvalue weighted by molar-refractivity contribution is 0.606. The van der Waals surface area contributed by atoms with Crippen LogP contribution in [0.15, 0.2) is 53.1 Å². The maximum atomic E-state index is 5.41. The first kappa shape index (κ1) is 17.8. The zero-order chi connectivity index (χ0) is 17.8. The third-order valence-electron chi connectivity index (χ3n) is 5.19. The molecule has 0 N–H and O–H groups in total. The van der Waals surface area contributed by atoms with E-state index in [1.807, 2.05) is 24.5 Å². The minimum absolute atomic E-state index is 0.536. The van der Waals surface area contributed by atoms with Crippen molar-refractivity contribution in [1.29, 1.82) is 0 Å². The molecular weight excluding hydrogens is 304 g/mol. The Balaban J connectivity index is 0.000000146. The fourth-order valence-electron chi connectivity index (χ4n) is 3.80. The van der Waals surface area contributed by atoms with Crippen molar-refractivity contribution in [2.75, 3.05) is 0 Å². The van der Waals surface area contributed by atoms with Gasteiger partial charge in [-0.2, -0.15) is 0 Å². The smallest absolute Gasteiger partial charge is 0.134 e. The molecule has 1 aliphatic carbocycles. The maximum Gasteiger partial charge on any atom is 0.134 e. The molecule has 3 aromatic rings. The molecule has 1 aromatic heterocycles. The van der Waals surface area contributed by atoms with E-state index in [-0.39, 0.29) is 0 Å². The van der Waals surface area contributed by atoms with E-state index in [1.165, 1.54) is 36.6 Å². The van der Waals surface area contributed by atoms with Gasteiger partial charge in [0.2, 0.25) is 0 Å². The van der Waals surface area contributed by atoms with E-state index in [4.69, 9.17) is 4.42 Å². The Bertz CT molecular complexity index is 823. The summed E-state index contributed by atoms with van der Waals surface area (Å²) in [7, 11) is 0. The van der Waals surface area contributed by atoms with Crippen LogP contribution in [0.3, 0.4) is 0 Å². The van der Waals surface area contributed by atoms with E-state index in [1.54, 1.807) is 16.7 Å². The number of aryl methyl sites for hydroxylation is 1. The fourth-order valence-corrected chi connectivity index (χ4v) is 3.80. The molecule has 0 bridgehead atoms. The molecule has 0 aliphatic heterocycles. The van der Waals surface area contributed by atoms with Crippen LogP contribution in [0.25, 0.3) is 11.0 Å². The van der Waals surface area contributed by atoms with Gasteiger partial charge in [-0.05, 0) is 60.3 Å². The topological polar surface area (TPSA) is 13.1 Å². The molecule has 132 valence electrons. The average Bonchev–Trinajstić information content (AvgIpc) is 3.06. The quantitative estimate of drug-likeness (QED) is 0.481. The molecule has 0 fully saturated rings. The molecular formula is C24H30O. The van der Waals surface area contributed by atoms with Gasteiger partial charge < -0.3 is 4.42 Å². The van der Waals surface area contributed by atoms with Gasteiger partial charge in [0.25, 0.3) is 0 Å². The number of hydrogen-bond acceptors (Lipinski definition) is 1. The summed E-state index contributed by atoms with van der Waals surface area (Å²) < 4.78 is 5.41. The van der Waals surface area contributed by atoms with Crippen LogP contribution in [-0.4, -0.2) is 0 Å². The minimum Gasteiger partial charge on any atom is -0.464 e. The summed E-state index contributed by atoms with van der Waals surface area (Å²) in [5, 5.41) is 1.24. The molecule has 0 spiro atoms. The molecule has 1 nitrogen and oxygen atoms in total. The van der Waals surface area contributed by atoms with Gasteiger partial charge in [-0.15, -0.1) is 0 Å². The fraction of sp³-hybridized carbons (Fsp3) is 0.417. The van der Waals surface area contributed by atoms with Crippen molar-refractivity contribution in [3.63, 3.8) is 0 Å². The molecule has 4 rings (SSSR count). The Labute approximate surface area is 152 Å². The van der Waals surface area contributed by atoms with Gasteiger partial charge in [-0.3, -0.25) is 0 Å². The van der Waals surface area contributed by atoms with Crippen molar-refractivity contribution in [1.82, 2.24) is 0 Å². The summed E-state index contributed by atoms with van der Waals surface area (Å²) in [4.78, 5) is 0. The molecule has 2 aromatic carbocycles. The van der Waals surface area contributed by atoms with E-state index in [0.29, 0.717) is 11.8 Å². The predicted octanol–water partition coefficient (Wildman–Crippen LogP) is 7.25. The van der Waals surface area contributed by atoms with Gasteiger partial charge in [0, 0.05) is 10.9 Å². The second-order valence-electron chi connectivity index (χ2n) is 7.69. The number of para-hydroxylation sites is 1. The summed E-state index contributed by atoms with van der Waals surface area (Å²) in [6.45, 7) is 8.95. The molecule has 1 heteroatoms. The average molecular weight is 335 g/mol. The lowest BCUT2D eigenvalue weighted by Crippen LogP contribution is -2.06. The highest BCUT2D eigenvalue weighted by atomic mass is 16.3. The van der Waals surface area contributed by atoms with Gasteiger partial charge in [-0.25, -0.2) is 0 Å². The first-order valence-electron chi connectivity index (χ1n) is 9.64. The monoisotopic (exact) mass is 334 g/mol. The van der Waals surface area contributed by atoms with Gasteiger partial charge >= 0.3 is 0 Å². The van der Waals surface area contributed by atoms with Crippen LogP contribution in [0.4, 0.5) is 0 Å². The lowest BCUT2D eigenvalue weighted by atomic mass is 9.85. The molecule has 1 heterocycles. The Kier molecular flexibility index (Phi) is 5.63. The third kappa shape index (κ3) is 3.98. The van der Waals surface area contributed by atoms with Gasteiger partial charge in [-0.1, -0.05) is 64.1 Å². The Morgan fingerprint density at radius 3 is 2.24 bits per heavy atom. The maximum absolute atomic E-state index is 5.41. The van der Waals surface area contributed by atoms with Crippen molar-refractivity contribution >= 4 is 11.0 Å². The van der Waals surface area contributed by atoms with Crippen LogP contribution in [0.1, 0.15) is 74.6 Å². The van der Waals surface area contributed by atoms with Crippen LogP contribution in [0, 0.1) is 0 Å². The van der Waals surface area contributed by atoms with Gasteiger partial charge in [0.1, 0.15) is 5.58 Å². The molecule has 0 saturated carbocycles. The van der Waals surface area contributed by atoms with E-state index in [9.17, 15) is 0 Å². The Morgan fingerprint density at radius 1 is 0.760 bits per heavy atom. The summed E-state index contributed by atoms with van der Waals surface area (Å²) in [6, 6.07) is 15.0. The van der Waals surface area contributed by atoms with E-state index >= 15 is 0 Å². The lowest BCUT2D eigenvalue weighted by Gasteiger charge is -2.21. The molecule has 0 radical (unpaired) electrons. The first-order chi connectivity index (χ1) is 12.1. The molecule has 1 aliphatic rings. The zero-order valence-electron chi connectivity index (χ0n) is 16.0. The van der Waals surface area contributed by atoms with Gasteiger partial charge in [0.15, 0.2) is 0 Å². The summed E-state index contributed by atoms with van der Waals surface area (Å²) in [5.41, 5.74) is 7.13. The van der Waals surface area contributed by atoms with Gasteiger partial charge in [0.05, 0.1) is 6.26 Å². The molecule has 0 atom stereocenters. The van der Waals surface area contributed by atoms with Crippen molar-refractivity contribution < 1.29 is 4.42 Å². The molecule has 0 unspecified atom stereocenters. The first-order valence-corrected chi connectivity index (χ1v) is 9.64. The van der Waals surface area contributed by atoms with Crippen LogP contribution >= 0.6 is 0 Å².